The van der Waals surface area contributed by atoms with Gasteiger partial charge in [0.25, 0.3) is 0 Å². The minimum atomic E-state index is -0.371. The standard InChI is InChI=1S/C16H22O2/c1-11(2)15(17)10-13-8-5-7-12-6-3-4-9-14(12)16(13)18/h3-4,6,9,11,13,15,17H,5,7-8,10H2,1-2H3. The lowest BCUT2D eigenvalue weighted by molar-refractivity contribution is 0.0728. The molecule has 2 rings (SSSR count). The number of aryl methyl sites for hydroxylation is 1. The van der Waals surface area contributed by atoms with Crippen LogP contribution in [0, 0.1) is 11.8 Å². The van der Waals surface area contributed by atoms with Crippen LogP contribution < -0.4 is 0 Å². The third kappa shape index (κ3) is 2.81. The minimum Gasteiger partial charge on any atom is -0.393 e. The molecule has 1 aliphatic carbocycles. The minimum absolute atomic E-state index is 0.00829. The second-order valence-electron chi connectivity index (χ2n) is 5.66. The fourth-order valence-electron chi connectivity index (χ4n) is 2.66. The van der Waals surface area contributed by atoms with Crippen LogP contribution >= 0.6 is 0 Å². The van der Waals surface area contributed by atoms with E-state index >= 15 is 0 Å². The third-order valence-corrected chi connectivity index (χ3v) is 3.95. The predicted octanol–water partition coefficient (Wildman–Crippen LogP) is 3.23. The Labute approximate surface area is 109 Å². The Morgan fingerprint density at radius 1 is 1.33 bits per heavy atom. The SMILES string of the molecule is CC(C)C(O)CC1CCCc2ccccc2C1=O. The van der Waals surface area contributed by atoms with E-state index < -0.39 is 0 Å². The monoisotopic (exact) mass is 246 g/mol. The van der Waals surface area contributed by atoms with Gasteiger partial charge in [0.1, 0.15) is 0 Å². The predicted molar refractivity (Wildman–Crippen MR) is 72.7 cm³/mol. The second-order valence-corrected chi connectivity index (χ2v) is 5.66. The van der Waals surface area contributed by atoms with Crippen molar-refractivity contribution in [3.05, 3.63) is 35.4 Å². The van der Waals surface area contributed by atoms with E-state index in [1.807, 2.05) is 32.0 Å². The van der Waals surface area contributed by atoms with Gasteiger partial charge in [-0.25, -0.2) is 0 Å². The summed E-state index contributed by atoms with van der Waals surface area (Å²) in [6.07, 6.45) is 3.15. The maximum atomic E-state index is 12.5. The Morgan fingerprint density at radius 2 is 2.06 bits per heavy atom. The molecule has 0 saturated heterocycles. The van der Waals surface area contributed by atoms with Gasteiger partial charge in [0.05, 0.1) is 6.10 Å². The molecule has 0 radical (unpaired) electrons. The van der Waals surface area contributed by atoms with E-state index in [1.165, 1.54) is 5.56 Å². The molecule has 2 atom stereocenters. The molecule has 0 aromatic heterocycles. The van der Waals surface area contributed by atoms with E-state index in [-0.39, 0.29) is 23.7 Å². The van der Waals surface area contributed by atoms with Gasteiger partial charge in [0.15, 0.2) is 5.78 Å². The van der Waals surface area contributed by atoms with Crippen molar-refractivity contribution in [2.45, 2.75) is 45.6 Å². The lowest BCUT2D eigenvalue weighted by Gasteiger charge is -2.20. The Balaban J connectivity index is 2.18. The molecule has 0 bridgehead atoms. The molecule has 0 saturated carbocycles. The number of ketones is 1. The first-order valence-electron chi connectivity index (χ1n) is 6.89. The first kappa shape index (κ1) is 13.3. The second kappa shape index (κ2) is 5.66. The molecule has 2 heteroatoms. The number of Topliss-reactive ketones (excluding diaryl/α,β-unsaturated/α-hetero) is 1. The first-order chi connectivity index (χ1) is 8.59. The van der Waals surface area contributed by atoms with Crippen LogP contribution in [-0.2, 0) is 6.42 Å². The van der Waals surface area contributed by atoms with Gasteiger partial charge >= 0.3 is 0 Å². The molecule has 0 fully saturated rings. The number of fused-ring (bicyclic) bond motifs is 1. The number of hydrogen-bond acceptors (Lipinski definition) is 2. The maximum absolute atomic E-state index is 12.5. The van der Waals surface area contributed by atoms with Gasteiger partial charge in [0, 0.05) is 11.5 Å². The quantitative estimate of drug-likeness (QED) is 0.831. The Morgan fingerprint density at radius 3 is 2.78 bits per heavy atom. The molecular weight excluding hydrogens is 224 g/mol. The van der Waals surface area contributed by atoms with Gasteiger partial charge in [-0.1, -0.05) is 38.1 Å². The first-order valence-corrected chi connectivity index (χ1v) is 6.89. The molecule has 0 heterocycles. The summed E-state index contributed by atoms with van der Waals surface area (Å²) in [7, 11) is 0. The largest absolute Gasteiger partial charge is 0.393 e. The number of carbonyl (C=O) groups excluding carboxylic acids is 1. The van der Waals surface area contributed by atoms with Crippen molar-refractivity contribution in [3.8, 4) is 0 Å². The number of aliphatic hydroxyl groups excluding tert-OH is 1. The molecule has 0 aliphatic heterocycles. The zero-order valence-electron chi connectivity index (χ0n) is 11.2. The molecule has 0 spiro atoms. The summed E-state index contributed by atoms with van der Waals surface area (Å²) in [4.78, 5) is 12.5. The van der Waals surface area contributed by atoms with Crippen molar-refractivity contribution in [1.82, 2.24) is 0 Å². The number of hydrogen-bond donors (Lipinski definition) is 1. The highest BCUT2D eigenvalue weighted by Gasteiger charge is 2.27. The van der Waals surface area contributed by atoms with Gasteiger partial charge in [-0.2, -0.15) is 0 Å². The molecular formula is C16H22O2. The van der Waals surface area contributed by atoms with Crippen molar-refractivity contribution in [2.75, 3.05) is 0 Å². The molecule has 1 aromatic rings. The van der Waals surface area contributed by atoms with Gasteiger partial charge < -0.3 is 5.11 Å². The van der Waals surface area contributed by atoms with Crippen LogP contribution in [0.2, 0.25) is 0 Å². The van der Waals surface area contributed by atoms with E-state index in [0.29, 0.717) is 6.42 Å². The van der Waals surface area contributed by atoms with Gasteiger partial charge in [0.2, 0.25) is 0 Å². The average Bonchev–Trinajstić information content (AvgIpc) is 2.51. The van der Waals surface area contributed by atoms with Crippen LogP contribution in [0.5, 0.6) is 0 Å². The lowest BCUT2D eigenvalue weighted by atomic mass is 9.87. The van der Waals surface area contributed by atoms with Crippen LogP contribution in [0.3, 0.4) is 0 Å². The van der Waals surface area contributed by atoms with E-state index in [2.05, 4.69) is 6.07 Å². The van der Waals surface area contributed by atoms with Gasteiger partial charge in [-0.3, -0.25) is 4.79 Å². The number of rotatable bonds is 3. The summed E-state index contributed by atoms with van der Waals surface area (Å²) in [5.41, 5.74) is 2.04. The van der Waals surface area contributed by atoms with Crippen LogP contribution in [0.4, 0.5) is 0 Å². The van der Waals surface area contributed by atoms with Crippen molar-refractivity contribution in [1.29, 1.82) is 0 Å². The van der Waals surface area contributed by atoms with Crippen LogP contribution in [-0.4, -0.2) is 17.0 Å². The fourth-order valence-corrected chi connectivity index (χ4v) is 2.66. The van der Waals surface area contributed by atoms with Crippen molar-refractivity contribution >= 4 is 5.78 Å². The average molecular weight is 246 g/mol. The molecule has 18 heavy (non-hydrogen) atoms. The molecule has 1 aliphatic rings. The number of benzene rings is 1. The van der Waals surface area contributed by atoms with Crippen LogP contribution in [0.15, 0.2) is 24.3 Å². The molecule has 98 valence electrons. The van der Waals surface area contributed by atoms with Crippen molar-refractivity contribution in [2.24, 2.45) is 11.8 Å². The van der Waals surface area contributed by atoms with E-state index in [4.69, 9.17) is 0 Å². The van der Waals surface area contributed by atoms with Crippen molar-refractivity contribution in [3.63, 3.8) is 0 Å². The molecule has 1 N–H and O–H groups in total. The smallest absolute Gasteiger partial charge is 0.166 e. The summed E-state index contributed by atoms with van der Waals surface area (Å²) in [6, 6.07) is 7.90. The normalized spacial score (nSPS) is 21.6. The third-order valence-electron chi connectivity index (χ3n) is 3.95. The summed E-state index contributed by atoms with van der Waals surface area (Å²) in [6.45, 7) is 4.00. The van der Waals surface area contributed by atoms with E-state index in [9.17, 15) is 9.90 Å². The van der Waals surface area contributed by atoms with Crippen LogP contribution in [0.1, 0.15) is 49.0 Å². The molecule has 2 unspecified atom stereocenters. The zero-order valence-corrected chi connectivity index (χ0v) is 11.2. The fraction of sp³-hybridized carbons (Fsp3) is 0.562. The summed E-state index contributed by atoms with van der Waals surface area (Å²) < 4.78 is 0. The Bertz CT molecular complexity index is 423. The van der Waals surface area contributed by atoms with Crippen molar-refractivity contribution < 1.29 is 9.90 Å². The summed E-state index contributed by atoms with van der Waals surface area (Å²) >= 11 is 0. The molecule has 2 nitrogen and oxygen atoms in total. The summed E-state index contributed by atoms with van der Waals surface area (Å²) in [5.74, 6) is 0.435. The highest BCUT2D eigenvalue weighted by Crippen LogP contribution is 2.28. The Hall–Kier alpha value is -1.15. The van der Waals surface area contributed by atoms with E-state index in [0.717, 1.165) is 24.8 Å². The zero-order chi connectivity index (χ0) is 13.1. The molecule has 0 amide bonds. The molecule has 1 aromatic carbocycles. The highest BCUT2D eigenvalue weighted by atomic mass is 16.3. The highest BCUT2D eigenvalue weighted by molar-refractivity contribution is 5.99. The lowest BCUT2D eigenvalue weighted by Crippen LogP contribution is -2.24. The van der Waals surface area contributed by atoms with E-state index in [1.54, 1.807) is 0 Å². The topological polar surface area (TPSA) is 37.3 Å². The van der Waals surface area contributed by atoms with Gasteiger partial charge in [-0.05, 0) is 37.2 Å². The van der Waals surface area contributed by atoms with Crippen LogP contribution in [0.25, 0.3) is 0 Å². The Kier molecular flexibility index (Phi) is 4.18. The summed E-state index contributed by atoms with van der Waals surface area (Å²) in [5, 5.41) is 9.98. The number of carbonyl (C=O) groups is 1. The van der Waals surface area contributed by atoms with Gasteiger partial charge in [-0.15, -0.1) is 0 Å². The number of aliphatic hydroxyl groups is 1. The maximum Gasteiger partial charge on any atom is 0.166 e.